The van der Waals surface area contributed by atoms with Gasteiger partial charge in [-0.2, -0.15) is 58.7 Å². The van der Waals surface area contributed by atoms with Crippen molar-refractivity contribution in [2.75, 3.05) is 0 Å². The molecule has 0 spiro atoms. The molecule has 0 radical (unpaired) electrons. The monoisotopic (exact) mass is 2060 g/mol. The van der Waals surface area contributed by atoms with E-state index in [9.17, 15) is 8.78 Å². The van der Waals surface area contributed by atoms with Gasteiger partial charge in [0.2, 0.25) is 5.82 Å². The molecular formula is C98H88BrCl2F2ILi4MgN17Zn3+. The standard InChI is InChI=1S/C23H22N4.C21H18N4.2C17H15N2.C11H11N2.C9H6F2N3.BrH.2ClH.HI.4Li.Mg.3Zn/c1-23(2,19-15-26(3)21(24-19)17-11-7-5-8-12-17)20-16-27(4)22(25-20)18-13-9-6-10-14-18;1-21(2,19-13-15-24(22-19)17-9-5-3-6-10-17)20-14-16-25(23-20)18-11-7-4-8-12-18;2*1-13-7-6-8-14(2)16(13)19-12-11-18-17(19)15-9-4-3-5-10-15;1-9-12-11(8-13(9)2)10-6-4-3-5-7-10;1-14-5-4-12-9(14)6-2-3-7(10)13-8(6)11;;;;;;;;;;;;/h5-11,13,15-16H,1-4H3;3-9,11,13-16H,1-2H3;2*3-9,11-12H,1-2H3;3-6,8H,1-2H3;3-5H,1H3;4*1H;;;;;;;;/q2*-2;4*-1;;;;;4*+1;4*+2/p-3. The van der Waals surface area contributed by atoms with Crippen molar-refractivity contribution >= 4 is 66.1 Å². The first-order chi connectivity index (χ1) is 59.6. The van der Waals surface area contributed by atoms with Crippen molar-refractivity contribution < 1.29 is 150 Å². The number of aromatic nitrogens is 17. The van der Waals surface area contributed by atoms with Crippen LogP contribution in [0.2, 0.25) is 0 Å². The zero-order chi connectivity index (χ0) is 88.2. The number of nitrogens with one attached hydrogen (secondary N) is 1. The molecule has 0 saturated carbocycles. The second-order valence-electron chi connectivity index (χ2n) is 28.9. The number of nitrogens with zero attached hydrogens (tertiary/aromatic N) is 16. The van der Waals surface area contributed by atoms with Gasteiger partial charge < -0.3 is 35.2 Å². The second kappa shape index (κ2) is 56.5. The molecule has 0 saturated heterocycles. The number of para-hydroxylation sites is 4. The van der Waals surface area contributed by atoms with Crippen LogP contribution in [0.15, 0.2) is 293 Å². The van der Waals surface area contributed by atoms with Crippen LogP contribution in [0.4, 0.5) is 8.78 Å². The van der Waals surface area contributed by atoms with Crippen LogP contribution < -0.4 is 92.4 Å². The van der Waals surface area contributed by atoms with Crippen LogP contribution in [-0.4, -0.2) is 100 Å². The van der Waals surface area contributed by atoms with Gasteiger partial charge in [0, 0.05) is 94.0 Å². The molecule has 0 aliphatic carbocycles. The van der Waals surface area contributed by atoms with Gasteiger partial charge in [-0.1, -0.05) is 53.6 Å². The van der Waals surface area contributed by atoms with Crippen LogP contribution in [0.5, 0.6) is 0 Å². The number of aryl methyl sites for hydroxylation is 9. The summed E-state index contributed by atoms with van der Waals surface area (Å²) in [4.78, 5) is 28.8. The molecule has 0 fully saturated rings. The molecule has 0 unspecified atom stereocenters. The maximum absolute atomic E-state index is 13.2. The molecule has 0 amide bonds. The average Bonchev–Trinajstić information content (AvgIpc) is 1.61. The van der Waals surface area contributed by atoms with Crippen molar-refractivity contribution in [3.8, 4) is 90.9 Å². The third-order valence-electron chi connectivity index (χ3n) is 19.8. The Morgan fingerprint density at radius 2 is 0.829 bits per heavy atom. The Balaban J connectivity index is 0.000000322. The molecule has 0 bridgehead atoms. The van der Waals surface area contributed by atoms with Gasteiger partial charge in [0.1, 0.15) is 23.8 Å². The van der Waals surface area contributed by atoms with Gasteiger partial charge in [0.25, 0.3) is 0 Å². The van der Waals surface area contributed by atoms with Crippen molar-refractivity contribution in [1.29, 1.82) is 0 Å². The third-order valence-corrected chi connectivity index (χ3v) is 19.8. The molecule has 18 aromatic rings. The van der Waals surface area contributed by atoms with E-state index in [4.69, 9.17) is 24.9 Å². The maximum atomic E-state index is 13.2. The van der Waals surface area contributed by atoms with E-state index in [0.29, 0.717) is 5.82 Å². The fourth-order valence-corrected chi connectivity index (χ4v) is 13.3. The molecule has 1 N–H and O–H groups in total. The Labute approximate surface area is 878 Å². The zero-order valence-corrected chi connectivity index (χ0v) is 91.5. The van der Waals surface area contributed by atoms with Crippen molar-refractivity contribution in [3.05, 3.63) is 404 Å². The molecule has 31 heteroatoms. The molecule has 618 valence electrons. The van der Waals surface area contributed by atoms with Gasteiger partial charge in [-0.25, -0.2) is 8.78 Å². The molecule has 9 aromatic heterocycles. The summed E-state index contributed by atoms with van der Waals surface area (Å²) >= 11 is 8.72. The summed E-state index contributed by atoms with van der Waals surface area (Å²) in [7, 11) is 12.5. The predicted molar refractivity (Wildman–Crippen MR) is 489 cm³/mol. The summed E-state index contributed by atoms with van der Waals surface area (Å²) in [6, 6.07) is 98.0. The van der Waals surface area contributed by atoms with E-state index in [0.717, 1.165) is 120 Å². The third kappa shape index (κ3) is 30.0. The molecule has 0 aliphatic heterocycles. The number of halogens is 6. The number of benzene rings is 9. The number of H-pyrrole nitrogens is 1. The summed E-state index contributed by atoms with van der Waals surface area (Å²) in [5.41, 5.74) is 18.9. The Kier molecular flexibility index (Phi) is 49.8. The number of aromatic amines is 1. The molecule has 129 heavy (non-hydrogen) atoms. The number of imidazole rings is 6. The summed E-state index contributed by atoms with van der Waals surface area (Å²) in [5.74, 6) is 3.41. The Morgan fingerprint density at radius 1 is 0.434 bits per heavy atom. The van der Waals surface area contributed by atoms with Crippen molar-refractivity contribution in [2.45, 2.75) is 73.1 Å². The first-order valence-electron chi connectivity index (χ1n) is 38.9. The van der Waals surface area contributed by atoms with Crippen molar-refractivity contribution in [3.63, 3.8) is 0 Å². The van der Waals surface area contributed by atoms with Gasteiger partial charge in [-0.05, 0) is 114 Å². The summed E-state index contributed by atoms with van der Waals surface area (Å²) < 4.78 is 41.4. The fourth-order valence-electron chi connectivity index (χ4n) is 13.3. The number of hydrogen-bond acceptors (Lipinski definition) is 8. The van der Waals surface area contributed by atoms with Crippen LogP contribution in [0.25, 0.3) is 90.9 Å². The molecule has 9 heterocycles. The van der Waals surface area contributed by atoms with E-state index in [1.807, 2.05) is 254 Å². The number of rotatable bonds is 14. The zero-order valence-electron chi connectivity index (χ0n) is 76.0. The normalized spacial score (nSPS) is 10.2. The Hall–Kier alpha value is -7.51. The number of pyridine rings is 1. The van der Waals surface area contributed by atoms with E-state index in [2.05, 4.69) is 247 Å². The molecule has 18 rings (SSSR count). The van der Waals surface area contributed by atoms with E-state index in [-0.39, 0.29) is 127 Å². The minimum atomic E-state index is -0.903. The van der Waals surface area contributed by atoms with E-state index < -0.39 is 11.9 Å². The van der Waals surface area contributed by atoms with Crippen molar-refractivity contribution in [2.24, 2.45) is 28.2 Å². The molecule has 9 aromatic carbocycles. The second-order valence-corrected chi connectivity index (χ2v) is 28.9. The van der Waals surface area contributed by atoms with Crippen LogP contribution in [0, 0.1) is 95.0 Å². The topological polar surface area (TPSA) is 157 Å². The molecule has 0 atom stereocenters. The molecule has 0 aliphatic rings. The summed E-state index contributed by atoms with van der Waals surface area (Å²) in [6.07, 6.45) is 21.0. The number of hydrogen-bond donors (Lipinski definition) is 1. The molecular weight excluding hydrogens is 1980 g/mol. The fraction of sp³-hybridized carbons (Fsp3) is 0.153. The van der Waals surface area contributed by atoms with Gasteiger partial charge in [0.15, 0.2) is 0 Å². The molecule has 17 nitrogen and oxygen atoms in total. The van der Waals surface area contributed by atoms with Crippen molar-refractivity contribution in [1.82, 2.24) is 77.3 Å². The van der Waals surface area contributed by atoms with E-state index in [1.165, 1.54) is 71.0 Å². The predicted octanol–water partition coefficient (Wildman–Crippen LogP) is 6.54. The first kappa shape index (κ1) is 114. The van der Waals surface area contributed by atoms with Gasteiger partial charge in [-0.3, -0.25) is 48.8 Å². The first-order valence-corrected chi connectivity index (χ1v) is 58.8. The SMILES string of the molecule is CC(C)(c1ccn(-c2[c-]cccc2)n1)c1ccn(-c2[c-]cccc2)n1.Cc1cccc(C)c1-n1ccnc1-c1[c-]cccc1.Cc1cccc(C)c1-n1ccnc1-c1[c-]cccc1.Cc1nc(-c2[c-]cccc2)cn1C.Cn1cc(C(C)(C)c2c[n+](C)c(-c3[c-]cccc3)[nH]2)nc1-c1[c-]cccc1.Cn1ccnc1-c1[c-]cc(F)nc1F.[Cl-].[Cl][Zn+].[Li+].[Li+].[Li+].[Li+].[Mg+2].[Zn+][Br].[Zn+][I]. The quantitative estimate of drug-likeness (QED) is 0.0423. The van der Waals surface area contributed by atoms with Gasteiger partial charge >= 0.3 is 190 Å². The van der Waals surface area contributed by atoms with Crippen LogP contribution in [0.3, 0.4) is 0 Å². The van der Waals surface area contributed by atoms with E-state index >= 15 is 0 Å². The van der Waals surface area contributed by atoms with Gasteiger partial charge in [-0.15, -0.1) is 192 Å². The Morgan fingerprint density at radius 3 is 1.21 bits per heavy atom. The van der Waals surface area contributed by atoms with Crippen LogP contribution in [0.1, 0.15) is 78.5 Å². The van der Waals surface area contributed by atoms with Crippen LogP contribution in [-0.2, 0) is 87.5 Å². The average molecular weight is 2070 g/mol. The van der Waals surface area contributed by atoms with Gasteiger partial charge in [0.05, 0.1) is 64.1 Å². The van der Waals surface area contributed by atoms with Crippen LogP contribution >= 0.6 is 43.1 Å². The summed E-state index contributed by atoms with van der Waals surface area (Å²) in [5, 5.41) is 9.48. The van der Waals surface area contributed by atoms with E-state index in [1.54, 1.807) is 17.8 Å². The summed E-state index contributed by atoms with van der Waals surface area (Å²) in [6.45, 7) is 19.2. The minimum absolute atomic E-state index is 0. The Bertz CT molecular complexity index is 5940.